The molecule has 0 saturated carbocycles. The van der Waals surface area contributed by atoms with E-state index in [1.807, 2.05) is 19.1 Å². The molecule has 0 spiro atoms. The molecule has 7 nitrogen and oxygen atoms in total. The van der Waals surface area contributed by atoms with Crippen molar-refractivity contribution in [3.8, 4) is 0 Å². The molecule has 0 aromatic heterocycles. The topological polar surface area (TPSA) is 95.6 Å². The van der Waals surface area contributed by atoms with Gasteiger partial charge in [-0.25, -0.2) is 12.7 Å². The SMILES string of the molecule is CC(=O)Nc1ccc(S(=O)(=O)N2CCN/C2=C\C(=O)c2ccc(C)cc2)cc1. The average Bonchev–Trinajstić information content (AvgIpc) is 3.11. The summed E-state index contributed by atoms with van der Waals surface area (Å²) in [6.07, 6.45) is 1.31. The van der Waals surface area contributed by atoms with Gasteiger partial charge in [0.2, 0.25) is 5.91 Å². The Morgan fingerprint density at radius 2 is 1.71 bits per heavy atom. The van der Waals surface area contributed by atoms with Gasteiger partial charge in [0.15, 0.2) is 5.78 Å². The first-order valence-corrected chi connectivity index (χ1v) is 10.2. The number of benzene rings is 2. The summed E-state index contributed by atoms with van der Waals surface area (Å²) >= 11 is 0. The van der Waals surface area contributed by atoms with Gasteiger partial charge in [0.25, 0.3) is 10.0 Å². The highest BCUT2D eigenvalue weighted by Crippen LogP contribution is 2.23. The van der Waals surface area contributed by atoms with Crippen molar-refractivity contribution in [3.63, 3.8) is 0 Å². The molecule has 1 aliphatic heterocycles. The molecular weight excluding hydrogens is 378 g/mol. The van der Waals surface area contributed by atoms with E-state index < -0.39 is 10.0 Å². The molecule has 0 radical (unpaired) electrons. The van der Waals surface area contributed by atoms with Crippen LogP contribution in [0, 0.1) is 6.92 Å². The number of rotatable bonds is 5. The lowest BCUT2D eigenvalue weighted by Crippen LogP contribution is -2.29. The first-order chi connectivity index (χ1) is 13.3. The fourth-order valence-corrected chi connectivity index (χ4v) is 4.28. The molecule has 1 aliphatic rings. The number of hydrogen-bond donors (Lipinski definition) is 2. The van der Waals surface area contributed by atoms with Gasteiger partial charge in [0.05, 0.1) is 11.4 Å². The number of amides is 1. The molecule has 0 unspecified atom stereocenters. The second kappa shape index (κ2) is 7.85. The lowest BCUT2D eigenvalue weighted by molar-refractivity contribution is -0.114. The van der Waals surface area contributed by atoms with Gasteiger partial charge in [-0.15, -0.1) is 0 Å². The second-order valence-electron chi connectivity index (χ2n) is 6.47. The first kappa shape index (κ1) is 19.6. The van der Waals surface area contributed by atoms with Gasteiger partial charge in [-0.3, -0.25) is 9.59 Å². The van der Waals surface area contributed by atoms with Gasteiger partial charge in [-0.1, -0.05) is 29.8 Å². The molecule has 0 atom stereocenters. The van der Waals surface area contributed by atoms with E-state index in [2.05, 4.69) is 10.6 Å². The minimum Gasteiger partial charge on any atom is -0.369 e. The smallest absolute Gasteiger partial charge is 0.265 e. The average molecular weight is 399 g/mol. The van der Waals surface area contributed by atoms with Crippen molar-refractivity contribution in [1.29, 1.82) is 0 Å². The van der Waals surface area contributed by atoms with E-state index in [-0.39, 0.29) is 29.0 Å². The first-order valence-electron chi connectivity index (χ1n) is 8.74. The molecule has 1 amide bonds. The Kier molecular flexibility index (Phi) is 5.51. The summed E-state index contributed by atoms with van der Waals surface area (Å²) in [5.41, 5.74) is 2.04. The fraction of sp³-hybridized carbons (Fsp3) is 0.200. The van der Waals surface area contributed by atoms with Gasteiger partial charge in [-0.2, -0.15) is 0 Å². The third-order valence-corrected chi connectivity index (χ3v) is 6.08. The molecular formula is C20H21N3O4S. The highest BCUT2D eigenvalue weighted by atomic mass is 32.2. The number of carbonyl (C=O) groups excluding carboxylic acids is 2. The second-order valence-corrected chi connectivity index (χ2v) is 8.33. The Morgan fingerprint density at radius 3 is 2.32 bits per heavy atom. The van der Waals surface area contributed by atoms with Gasteiger partial charge in [0.1, 0.15) is 5.82 Å². The molecule has 0 aliphatic carbocycles. The summed E-state index contributed by atoms with van der Waals surface area (Å²) in [6.45, 7) is 3.94. The number of nitrogens with zero attached hydrogens (tertiary/aromatic N) is 1. The summed E-state index contributed by atoms with van der Waals surface area (Å²) in [6, 6.07) is 13.0. The van der Waals surface area contributed by atoms with Crippen molar-refractivity contribution in [1.82, 2.24) is 9.62 Å². The van der Waals surface area contributed by atoms with Crippen LogP contribution in [-0.2, 0) is 14.8 Å². The van der Waals surface area contributed by atoms with Crippen LogP contribution in [0.4, 0.5) is 5.69 Å². The highest BCUT2D eigenvalue weighted by Gasteiger charge is 2.30. The molecule has 0 bridgehead atoms. The molecule has 1 saturated heterocycles. The summed E-state index contributed by atoms with van der Waals surface area (Å²) in [5, 5.41) is 5.56. The van der Waals surface area contributed by atoms with Gasteiger partial charge >= 0.3 is 0 Å². The van der Waals surface area contributed by atoms with Crippen LogP contribution in [-0.4, -0.2) is 37.5 Å². The number of nitrogens with one attached hydrogen (secondary N) is 2. The van der Waals surface area contributed by atoms with E-state index in [9.17, 15) is 18.0 Å². The number of anilines is 1. The third kappa shape index (κ3) is 4.23. The van der Waals surface area contributed by atoms with Crippen LogP contribution < -0.4 is 10.6 Å². The zero-order valence-corrected chi connectivity index (χ0v) is 16.4. The lowest BCUT2D eigenvalue weighted by atomic mass is 10.1. The predicted octanol–water partition coefficient (Wildman–Crippen LogP) is 2.27. The van der Waals surface area contributed by atoms with E-state index in [0.29, 0.717) is 17.8 Å². The molecule has 146 valence electrons. The Morgan fingerprint density at radius 1 is 1.07 bits per heavy atom. The van der Waals surface area contributed by atoms with Crippen molar-refractivity contribution in [3.05, 3.63) is 71.6 Å². The quantitative estimate of drug-likeness (QED) is 0.594. The minimum absolute atomic E-state index is 0.0824. The molecule has 1 fully saturated rings. The molecule has 2 aromatic rings. The van der Waals surface area contributed by atoms with E-state index in [1.165, 1.54) is 41.6 Å². The van der Waals surface area contributed by atoms with Crippen molar-refractivity contribution in [2.75, 3.05) is 18.4 Å². The monoisotopic (exact) mass is 399 g/mol. The van der Waals surface area contributed by atoms with Crippen LogP contribution in [0.25, 0.3) is 0 Å². The van der Waals surface area contributed by atoms with Crippen molar-refractivity contribution >= 4 is 27.4 Å². The third-order valence-electron chi connectivity index (χ3n) is 4.26. The van der Waals surface area contributed by atoms with Crippen LogP contribution in [0.15, 0.2) is 65.3 Å². The van der Waals surface area contributed by atoms with Crippen LogP contribution in [0.5, 0.6) is 0 Å². The molecule has 28 heavy (non-hydrogen) atoms. The van der Waals surface area contributed by atoms with Crippen LogP contribution in [0.2, 0.25) is 0 Å². The van der Waals surface area contributed by atoms with Crippen LogP contribution in [0.3, 0.4) is 0 Å². The van der Waals surface area contributed by atoms with Gasteiger partial charge < -0.3 is 10.6 Å². The zero-order chi connectivity index (χ0) is 20.3. The maximum absolute atomic E-state index is 13.0. The van der Waals surface area contributed by atoms with Crippen LogP contribution in [0.1, 0.15) is 22.8 Å². The maximum atomic E-state index is 13.0. The highest BCUT2D eigenvalue weighted by molar-refractivity contribution is 7.89. The Bertz CT molecular complexity index is 1030. The maximum Gasteiger partial charge on any atom is 0.265 e. The largest absolute Gasteiger partial charge is 0.369 e. The van der Waals surface area contributed by atoms with E-state index in [0.717, 1.165) is 5.56 Å². The van der Waals surface area contributed by atoms with Gasteiger partial charge in [-0.05, 0) is 31.2 Å². The van der Waals surface area contributed by atoms with E-state index in [4.69, 9.17) is 0 Å². The number of sulfonamides is 1. The van der Waals surface area contributed by atoms with Crippen LogP contribution >= 0.6 is 0 Å². The number of allylic oxidation sites excluding steroid dienone is 1. The summed E-state index contributed by atoms with van der Waals surface area (Å²) in [5.74, 6) is -0.263. The summed E-state index contributed by atoms with van der Waals surface area (Å²) in [7, 11) is -3.83. The molecule has 3 rings (SSSR count). The Labute approximate surface area is 164 Å². The summed E-state index contributed by atoms with van der Waals surface area (Å²) in [4.78, 5) is 23.7. The standard InChI is InChI=1S/C20H21N3O4S/c1-14-3-5-16(6-4-14)19(25)13-20-21-11-12-23(20)28(26,27)18-9-7-17(8-10-18)22-15(2)24/h3-10,13,21H,11-12H2,1-2H3,(H,22,24)/b20-13+. The normalized spacial score (nSPS) is 15.4. The summed E-state index contributed by atoms with van der Waals surface area (Å²) < 4.78 is 27.2. The van der Waals surface area contributed by atoms with Crippen molar-refractivity contribution in [2.24, 2.45) is 0 Å². The lowest BCUT2D eigenvalue weighted by Gasteiger charge is -2.19. The number of hydrogen-bond acceptors (Lipinski definition) is 5. The van der Waals surface area contributed by atoms with Crippen molar-refractivity contribution in [2.45, 2.75) is 18.7 Å². The molecule has 2 aromatic carbocycles. The predicted molar refractivity (Wildman–Crippen MR) is 106 cm³/mol. The molecule has 2 N–H and O–H groups in total. The number of ketones is 1. The van der Waals surface area contributed by atoms with E-state index in [1.54, 1.807) is 12.1 Å². The Balaban J connectivity index is 1.85. The Hall–Kier alpha value is -3.13. The molecule has 8 heteroatoms. The number of aryl methyl sites for hydroxylation is 1. The molecule has 1 heterocycles. The van der Waals surface area contributed by atoms with Gasteiger partial charge in [0, 0.05) is 30.8 Å². The van der Waals surface area contributed by atoms with Crippen molar-refractivity contribution < 1.29 is 18.0 Å². The number of carbonyl (C=O) groups is 2. The minimum atomic E-state index is -3.83. The zero-order valence-electron chi connectivity index (χ0n) is 15.6. The van der Waals surface area contributed by atoms with E-state index >= 15 is 0 Å². The fourth-order valence-electron chi connectivity index (χ4n) is 2.83.